The minimum Gasteiger partial charge on any atom is -0.376 e. The van der Waals surface area contributed by atoms with Gasteiger partial charge in [-0.15, -0.1) is 6.42 Å². The standard InChI is InChI=1S/C13H10BrNO2/c1-3-11(16)12-8(2)15-17-13(12)9-4-6-10(14)7-5-9/h1,4-7,11,16H,2H3/t11-/m0/s1. The third kappa shape index (κ3) is 2.26. The second kappa shape index (κ2) is 4.74. The third-order valence-electron chi connectivity index (χ3n) is 2.45. The molecule has 0 aliphatic heterocycles. The smallest absolute Gasteiger partial charge is 0.173 e. The van der Waals surface area contributed by atoms with Crippen LogP contribution in [0.3, 0.4) is 0 Å². The van der Waals surface area contributed by atoms with Crippen LogP contribution in [0.15, 0.2) is 33.3 Å². The van der Waals surface area contributed by atoms with Crippen LogP contribution in [-0.2, 0) is 0 Å². The summed E-state index contributed by atoms with van der Waals surface area (Å²) in [6, 6.07) is 7.52. The average Bonchev–Trinajstić information content (AvgIpc) is 2.71. The summed E-state index contributed by atoms with van der Waals surface area (Å²) in [5, 5.41) is 13.6. The molecule has 0 bridgehead atoms. The van der Waals surface area contributed by atoms with Crippen LogP contribution in [0.5, 0.6) is 0 Å². The fraction of sp³-hybridized carbons (Fsp3) is 0.154. The molecule has 1 N–H and O–H groups in total. The van der Waals surface area contributed by atoms with Gasteiger partial charge in [-0.1, -0.05) is 39.1 Å². The number of hydrogen-bond acceptors (Lipinski definition) is 3. The molecule has 1 heterocycles. The van der Waals surface area contributed by atoms with Crippen LogP contribution in [0.1, 0.15) is 17.4 Å². The van der Waals surface area contributed by atoms with E-state index in [0.717, 1.165) is 10.0 Å². The van der Waals surface area contributed by atoms with E-state index in [-0.39, 0.29) is 0 Å². The number of hydrogen-bond donors (Lipinski definition) is 1. The van der Waals surface area contributed by atoms with Gasteiger partial charge in [-0.25, -0.2) is 0 Å². The molecule has 17 heavy (non-hydrogen) atoms. The summed E-state index contributed by atoms with van der Waals surface area (Å²) >= 11 is 3.36. The van der Waals surface area contributed by atoms with E-state index in [0.29, 0.717) is 17.0 Å². The number of aryl methyl sites for hydroxylation is 1. The molecule has 1 atom stereocenters. The van der Waals surface area contributed by atoms with E-state index in [4.69, 9.17) is 10.9 Å². The van der Waals surface area contributed by atoms with E-state index in [2.05, 4.69) is 27.0 Å². The number of benzene rings is 1. The molecule has 0 aliphatic carbocycles. The van der Waals surface area contributed by atoms with Crippen molar-refractivity contribution in [2.45, 2.75) is 13.0 Å². The zero-order valence-corrected chi connectivity index (χ0v) is 10.7. The van der Waals surface area contributed by atoms with Gasteiger partial charge in [0.15, 0.2) is 5.76 Å². The predicted molar refractivity (Wildman–Crippen MR) is 68.2 cm³/mol. The Morgan fingerprint density at radius 2 is 2.06 bits per heavy atom. The van der Waals surface area contributed by atoms with E-state index >= 15 is 0 Å². The van der Waals surface area contributed by atoms with Crippen molar-refractivity contribution in [3.05, 3.63) is 40.0 Å². The van der Waals surface area contributed by atoms with Crippen molar-refractivity contribution in [2.24, 2.45) is 0 Å². The number of nitrogens with zero attached hydrogens (tertiary/aromatic N) is 1. The third-order valence-corrected chi connectivity index (χ3v) is 2.97. The Balaban J connectivity index is 2.53. The first-order valence-corrected chi connectivity index (χ1v) is 5.79. The monoisotopic (exact) mass is 291 g/mol. The summed E-state index contributed by atoms with van der Waals surface area (Å²) in [5.74, 6) is 2.79. The Kier molecular flexibility index (Phi) is 3.32. The van der Waals surface area contributed by atoms with Gasteiger partial charge in [-0.05, 0) is 19.1 Å². The molecule has 0 fully saturated rings. The highest BCUT2D eigenvalue weighted by Crippen LogP contribution is 2.31. The highest BCUT2D eigenvalue weighted by Gasteiger charge is 2.20. The van der Waals surface area contributed by atoms with E-state index in [9.17, 15) is 5.11 Å². The van der Waals surface area contributed by atoms with Gasteiger partial charge in [0, 0.05) is 10.0 Å². The lowest BCUT2D eigenvalue weighted by Crippen LogP contribution is -1.96. The quantitative estimate of drug-likeness (QED) is 0.865. The van der Waals surface area contributed by atoms with Gasteiger partial charge in [0.25, 0.3) is 0 Å². The SMILES string of the molecule is C#C[C@H](O)c1c(C)noc1-c1ccc(Br)cc1. The van der Waals surface area contributed by atoms with Crippen molar-refractivity contribution in [1.82, 2.24) is 5.16 Å². The van der Waals surface area contributed by atoms with Crippen molar-refractivity contribution in [2.75, 3.05) is 0 Å². The van der Waals surface area contributed by atoms with Crippen LogP contribution in [0.25, 0.3) is 11.3 Å². The molecule has 0 aliphatic rings. The first-order chi connectivity index (χ1) is 8.13. The molecule has 0 saturated heterocycles. The molecular weight excluding hydrogens is 282 g/mol. The molecule has 1 aromatic heterocycles. The first-order valence-electron chi connectivity index (χ1n) is 4.99. The molecule has 0 spiro atoms. The van der Waals surface area contributed by atoms with Gasteiger partial charge in [0.1, 0.15) is 6.10 Å². The fourth-order valence-corrected chi connectivity index (χ4v) is 1.86. The van der Waals surface area contributed by atoms with E-state index in [1.807, 2.05) is 24.3 Å². The fourth-order valence-electron chi connectivity index (χ4n) is 1.59. The molecular formula is C13H10BrNO2. The maximum absolute atomic E-state index is 9.75. The topological polar surface area (TPSA) is 46.3 Å². The summed E-state index contributed by atoms with van der Waals surface area (Å²) in [4.78, 5) is 0. The molecule has 0 amide bonds. The molecule has 0 saturated carbocycles. The predicted octanol–water partition coefficient (Wildman–Crippen LogP) is 3.08. The Labute approximate surface area is 108 Å². The van der Waals surface area contributed by atoms with Crippen LogP contribution in [0, 0.1) is 19.3 Å². The summed E-state index contributed by atoms with van der Waals surface area (Å²) in [6.07, 6.45) is 4.23. The number of terminal acetylenes is 1. The number of halogens is 1. The van der Waals surface area contributed by atoms with Crippen molar-refractivity contribution in [3.8, 4) is 23.7 Å². The molecule has 2 aromatic rings. The molecule has 0 radical (unpaired) electrons. The van der Waals surface area contributed by atoms with E-state index in [1.165, 1.54) is 0 Å². The Morgan fingerprint density at radius 1 is 1.41 bits per heavy atom. The molecule has 2 rings (SSSR count). The second-order valence-electron chi connectivity index (χ2n) is 3.59. The number of aliphatic hydroxyl groups excluding tert-OH is 1. The normalized spacial score (nSPS) is 12.1. The molecule has 4 heteroatoms. The largest absolute Gasteiger partial charge is 0.376 e. The van der Waals surface area contributed by atoms with Crippen LogP contribution >= 0.6 is 15.9 Å². The zero-order valence-electron chi connectivity index (χ0n) is 9.14. The highest BCUT2D eigenvalue weighted by atomic mass is 79.9. The Bertz CT molecular complexity index is 566. The van der Waals surface area contributed by atoms with Crippen molar-refractivity contribution < 1.29 is 9.63 Å². The minimum absolute atomic E-state index is 0.514. The maximum atomic E-state index is 9.75. The van der Waals surface area contributed by atoms with Crippen molar-refractivity contribution in [3.63, 3.8) is 0 Å². The lowest BCUT2D eigenvalue weighted by molar-refractivity contribution is 0.237. The van der Waals surface area contributed by atoms with E-state index in [1.54, 1.807) is 6.92 Å². The van der Waals surface area contributed by atoms with Crippen LogP contribution in [0.4, 0.5) is 0 Å². The number of rotatable bonds is 2. The highest BCUT2D eigenvalue weighted by molar-refractivity contribution is 9.10. The van der Waals surface area contributed by atoms with Crippen molar-refractivity contribution >= 4 is 15.9 Å². The van der Waals surface area contributed by atoms with Crippen LogP contribution in [0.2, 0.25) is 0 Å². The van der Waals surface area contributed by atoms with Gasteiger partial charge in [0.05, 0.1) is 11.3 Å². The van der Waals surface area contributed by atoms with E-state index < -0.39 is 6.10 Å². The maximum Gasteiger partial charge on any atom is 0.173 e. The summed E-state index contributed by atoms with van der Waals surface area (Å²) in [7, 11) is 0. The van der Waals surface area contributed by atoms with Gasteiger partial charge < -0.3 is 9.63 Å². The lowest BCUT2D eigenvalue weighted by Gasteiger charge is -2.04. The minimum atomic E-state index is -1.00. The number of aliphatic hydroxyl groups is 1. The molecule has 3 nitrogen and oxygen atoms in total. The summed E-state index contributed by atoms with van der Waals surface area (Å²) in [6.45, 7) is 1.75. The molecule has 0 unspecified atom stereocenters. The van der Waals surface area contributed by atoms with Crippen LogP contribution < -0.4 is 0 Å². The van der Waals surface area contributed by atoms with Crippen molar-refractivity contribution in [1.29, 1.82) is 0 Å². The lowest BCUT2D eigenvalue weighted by atomic mass is 10.0. The Morgan fingerprint density at radius 3 is 2.65 bits per heavy atom. The Hall–Kier alpha value is -1.57. The summed E-state index contributed by atoms with van der Waals surface area (Å²) < 4.78 is 6.19. The summed E-state index contributed by atoms with van der Waals surface area (Å²) in [5.41, 5.74) is 1.99. The average molecular weight is 292 g/mol. The van der Waals surface area contributed by atoms with Gasteiger partial charge in [-0.2, -0.15) is 0 Å². The zero-order chi connectivity index (χ0) is 12.4. The molecule has 1 aromatic carbocycles. The second-order valence-corrected chi connectivity index (χ2v) is 4.50. The molecule has 86 valence electrons. The first kappa shape index (κ1) is 11.9. The van der Waals surface area contributed by atoms with Gasteiger partial charge in [-0.3, -0.25) is 0 Å². The van der Waals surface area contributed by atoms with Gasteiger partial charge >= 0.3 is 0 Å². The van der Waals surface area contributed by atoms with Gasteiger partial charge in [0.2, 0.25) is 0 Å². The van der Waals surface area contributed by atoms with Crippen LogP contribution in [-0.4, -0.2) is 10.3 Å². The number of aromatic nitrogens is 1.